The molecule has 0 bridgehead atoms. The SMILES string of the molecule is CCC1(C(=O)Nc2ncccc2Br)CCCN1. The molecule has 4 nitrogen and oxygen atoms in total. The van der Waals surface area contributed by atoms with Crippen LogP contribution in [0.25, 0.3) is 0 Å². The van der Waals surface area contributed by atoms with Gasteiger partial charge < -0.3 is 10.6 Å². The van der Waals surface area contributed by atoms with Crippen molar-refractivity contribution in [3.63, 3.8) is 0 Å². The molecule has 0 aliphatic carbocycles. The van der Waals surface area contributed by atoms with E-state index in [1.165, 1.54) is 0 Å². The second-order valence-electron chi connectivity index (χ2n) is 4.25. The van der Waals surface area contributed by atoms with Crippen molar-refractivity contribution >= 4 is 27.7 Å². The summed E-state index contributed by atoms with van der Waals surface area (Å²) in [4.78, 5) is 16.4. The van der Waals surface area contributed by atoms with Gasteiger partial charge in [-0.1, -0.05) is 6.92 Å². The molecule has 92 valence electrons. The van der Waals surface area contributed by atoms with Crippen LogP contribution in [0, 0.1) is 0 Å². The van der Waals surface area contributed by atoms with Gasteiger partial charge in [0.15, 0.2) is 0 Å². The lowest BCUT2D eigenvalue weighted by atomic mass is 9.93. The van der Waals surface area contributed by atoms with Crippen LogP contribution in [-0.4, -0.2) is 23.0 Å². The van der Waals surface area contributed by atoms with E-state index in [0.717, 1.165) is 30.3 Å². The number of amides is 1. The van der Waals surface area contributed by atoms with Gasteiger partial charge in [-0.2, -0.15) is 0 Å². The highest BCUT2D eigenvalue weighted by Crippen LogP contribution is 2.26. The van der Waals surface area contributed by atoms with Crippen LogP contribution < -0.4 is 10.6 Å². The van der Waals surface area contributed by atoms with Gasteiger partial charge in [0, 0.05) is 6.20 Å². The molecule has 2 heterocycles. The average molecular weight is 298 g/mol. The van der Waals surface area contributed by atoms with Gasteiger partial charge in [-0.05, 0) is 53.9 Å². The summed E-state index contributed by atoms with van der Waals surface area (Å²) in [5.74, 6) is 0.593. The molecule has 0 saturated carbocycles. The number of rotatable bonds is 3. The number of hydrogen-bond donors (Lipinski definition) is 2. The fraction of sp³-hybridized carbons (Fsp3) is 0.500. The van der Waals surface area contributed by atoms with Gasteiger partial charge in [0.2, 0.25) is 5.91 Å². The van der Waals surface area contributed by atoms with E-state index in [-0.39, 0.29) is 5.91 Å². The van der Waals surface area contributed by atoms with Crippen molar-refractivity contribution in [2.24, 2.45) is 0 Å². The quantitative estimate of drug-likeness (QED) is 0.900. The minimum atomic E-state index is -0.420. The maximum Gasteiger partial charge on any atom is 0.245 e. The predicted molar refractivity (Wildman–Crippen MR) is 70.8 cm³/mol. The third-order valence-corrected chi connectivity index (χ3v) is 3.91. The maximum atomic E-state index is 12.3. The Morgan fingerprint density at radius 2 is 2.53 bits per heavy atom. The summed E-state index contributed by atoms with van der Waals surface area (Å²) in [6.07, 6.45) is 4.40. The number of pyridine rings is 1. The average Bonchev–Trinajstić information content (AvgIpc) is 2.82. The molecule has 5 heteroatoms. The highest BCUT2D eigenvalue weighted by atomic mass is 79.9. The Morgan fingerprint density at radius 3 is 3.12 bits per heavy atom. The summed E-state index contributed by atoms with van der Waals surface area (Å²) >= 11 is 3.38. The zero-order valence-corrected chi connectivity index (χ0v) is 11.4. The summed E-state index contributed by atoms with van der Waals surface area (Å²) < 4.78 is 0.803. The van der Waals surface area contributed by atoms with Crippen LogP contribution in [0.3, 0.4) is 0 Å². The Kier molecular flexibility index (Phi) is 3.79. The minimum absolute atomic E-state index is 0.0110. The molecule has 1 aliphatic heterocycles. The normalized spacial score (nSPS) is 23.6. The van der Waals surface area contributed by atoms with Crippen LogP contribution in [0.4, 0.5) is 5.82 Å². The number of carbonyl (C=O) groups excluding carboxylic acids is 1. The molecule has 1 unspecified atom stereocenters. The Balaban J connectivity index is 2.14. The van der Waals surface area contributed by atoms with E-state index in [4.69, 9.17) is 0 Å². The van der Waals surface area contributed by atoms with Crippen molar-refractivity contribution in [3.8, 4) is 0 Å². The van der Waals surface area contributed by atoms with Crippen molar-refractivity contribution in [2.75, 3.05) is 11.9 Å². The van der Waals surface area contributed by atoms with Gasteiger partial charge in [-0.25, -0.2) is 4.98 Å². The summed E-state index contributed by atoms with van der Waals surface area (Å²) in [5, 5.41) is 6.19. The first-order valence-electron chi connectivity index (χ1n) is 5.85. The Bertz CT molecular complexity index is 416. The lowest BCUT2D eigenvalue weighted by Crippen LogP contribution is -2.50. The third-order valence-electron chi connectivity index (χ3n) is 3.27. The molecule has 1 amide bonds. The lowest BCUT2D eigenvalue weighted by molar-refractivity contribution is -0.122. The lowest BCUT2D eigenvalue weighted by Gasteiger charge is -2.26. The maximum absolute atomic E-state index is 12.3. The molecule has 1 aromatic rings. The van der Waals surface area contributed by atoms with Gasteiger partial charge in [-0.3, -0.25) is 4.79 Å². The molecule has 1 atom stereocenters. The van der Waals surface area contributed by atoms with Crippen molar-refractivity contribution in [1.82, 2.24) is 10.3 Å². The second kappa shape index (κ2) is 5.14. The van der Waals surface area contributed by atoms with Crippen molar-refractivity contribution in [1.29, 1.82) is 0 Å². The molecule has 17 heavy (non-hydrogen) atoms. The molecule has 2 N–H and O–H groups in total. The van der Waals surface area contributed by atoms with E-state index < -0.39 is 5.54 Å². The number of nitrogens with one attached hydrogen (secondary N) is 2. The smallest absolute Gasteiger partial charge is 0.245 e. The fourth-order valence-electron chi connectivity index (χ4n) is 2.17. The molecule has 1 aliphatic rings. The first-order chi connectivity index (χ1) is 8.18. The molecule has 1 saturated heterocycles. The number of carbonyl (C=O) groups is 1. The number of aromatic nitrogens is 1. The van der Waals surface area contributed by atoms with Crippen LogP contribution in [0.5, 0.6) is 0 Å². The topological polar surface area (TPSA) is 54.0 Å². The van der Waals surface area contributed by atoms with Crippen LogP contribution in [0.15, 0.2) is 22.8 Å². The van der Waals surface area contributed by atoms with Crippen LogP contribution in [0.2, 0.25) is 0 Å². The summed E-state index contributed by atoms with van der Waals surface area (Å²) in [6.45, 7) is 2.94. The van der Waals surface area contributed by atoms with Gasteiger partial charge in [0.1, 0.15) is 5.82 Å². The zero-order chi connectivity index (χ0) is 12.3. The highest BCUT2D eigenvalue weighted by Gasteiger charge is 2.39. The largest absolute Gasteiger partial charge is 0.308 e. The number of nitrogens with zero attached hydrogens (tertiary/aromatic N) is 1. The summed E-state index contributed by atoms with van der Waals surface area (Å²) in [6, 6.07) is 3.69. The van der Waals surface area contributed by atoms with E-state index in [1.807, 2.05) is 19.1 Å². The summed E-state index contributed by atoms with van der Waals surface area (Å²) in [7, 11) is 0. The molecule has 1 aromatic heterocycles. The van der Waals surface area contributed by atoms with Crippen LogP contribution in [-0.2, 0) is 4.79 Å². The van der Waals surface area contributed by atoms with Crippen molar-refractivity contribution < 1.29 is 4.79 Å². The van der Waals surface area contributed by atoms with Gasteiger partial charge >= 0.3 is 0 Å². The Hall–Kier alpha value is -0.940. The van der Waals surface area contributed by atoms with E-state index in [2.05, 4.69) is 31.5 Å². The number of halogens is 1. The highest BCUT2D eigenvalue weighted by molar-refractivity contribution is 9.10. The number of hydrogen-bond acceptors (Lipinski definition) is 3. The third kappa shape index (κ3) is 2.50. The molecular weight excluding hydrogens is 282 g/mol. The van der Waals surface area contributed by atoms with E-state index in [9.17, 15) is 4.79 Å². The molecule has 1 fully saturated rings. The first-order valence-corrected chi connectivity index (χ1v) is 6.64. The Labute approximate surface area is 109 Å². The predicted octanol–water partition coefficient (Wildman–Crippen LogP) is 2.31. The zero-order valence-electron chi connectivity index (χ0n) is 9.79. The van der Waals surface area contributed by atoms with E-state index in [0.29, 0.717) is 5.82 Å². The first kappa shape index (κ1) is 12.5. The standard InChI is InChI=1S/C12H16BrN3O/c1-2-12(6-4-8-15-12)11(17)16-10-9(13)5-3-7-14-10/h3,5,7,15H,2,4,6,8H2,1H3,(H,14,16,17). The monoisotopic (exact) mass is 297 g/mol. The van der Waals surface area contributed by atoms with Crippen molar-refractivity contribution in [3.05, 3.63) is 22.8 Å². The van der Waals surface area contributed by atoms with Crippen LogP contribution >= 0.6 is 15.9 Å². The Morgan fingerprint density at radius 1 is 1.71 bits per heavy atom. The van der Waals surface area contributed by atoms with Gasteiger partial charge in [-0.15, -0.1) is 0 Å². The van der Waals surface area contributed by atoms with Gasteiger partial charge in [0.05, 0.1) is 10.0 Å². The molecule has 0 spiro atoms. The molecule has 0 aromatic carbocycles. The van der Waals surface area contributed by atoms with Gasteiger partial charge in [0.25, 0.3) is 0 Å². The van der Waals surface area contributed by atoms with Crippen molar-refractivity contribution in [2.45, 2.75) is 31.7 Å². The van der Waals surface area contributed by atoms with Crippen LogP contribution in [0.1, 0.15) is 26.2 Å². The minimum Gasteiger partial charge on any atom is -0.308 e. The summed E-state index contributed by atoms with van der Waals surface area (Å²) in [5.41, 5.74) is -0.420. The fourth-order valence-corrected chi connectivity index (χ4v) is 2.52. The molecule has 2 rings (SSSR count). The van der Waals surface area contributed by atoms with E-state index in [1.54, 1.807) is 6.20 Å². The van der Waals surface area contributed by atoms with E-state index >= 15 is 0 Å². The molecular formula is C12H16BrN3O. The molecule has 0 radical (unpaired) electrons. The second-order valence-corrected chi connectivity index (χ2v) is 5.11. The number of anilines is 1.